The molecule has 0 amide bonds. The number of hydrogen-bond donors (Lipinski definition) is 0. The molecule has 1 aromatic carbocycles. The minimum atomic E-state index is -0.682. The highest BCUT2D eigenvalue weighted by Crippen LogP contribution is 2.24. The molecule has 0 N–H and O–H groups in total. The second-order valence-electron chi connectivity index (χ2n) is 3.52. The molecular formula is C13H14BrNO3. The van der Waals surface area contributed by atoms with Gasteiger partial charge >= 0.3 is 5.97 Å². The van der Waals surface area contributed by atoms with E-state index in [0.717, 1.165) is 4.47 Å². The fraction of sp³-hybridized carbons (Fsp3) is 0.385. The molecule has 1 atom stereocenters. The van der Waals surface area contributed by atoms with E-state index in [4.69, 9.17) is 14.7 Å². The van der Waals surface area contributed by atoms with Crippen molar-refractivity contribution in [1.29, 1.82) is 5.26 Å². The van der Waals surface area contributed by atoms with E-state index in [9.17, 15) is 4.79 Å². The lowest BCUT2D eigenvalue weighted by molar-refractivity contribution is -0.151. The van der Waals surface area contributed by atoms with Gasteiger partial charge in [-0.1, -0.05) is 22.9 Å². The zero-order valence-corrected chi connectivity index (χ0v) is 11.9. The number of nitriles is 1. The van der Waals surface area contributed by atoms with Gasteiger partial charge in [0.25, 0.3) is 0 Å². The fourth-order valence-electron chi connectivity index (χ4n) is 1.38. The normalized spacial score (nSPS) is 11.4. The van der Waals surface area contributed by atoms with Crippen LogP contribution >= 0.6 is 15.9 Å². The highest BCUT2D eigenvalue weighted by atomic mass is 79.9. The van der Waals surface area contributed by atoms with Crippen molar-refractivity contribution in [2.45, 2.75) is 26.4 Å². The number of esters is 1. The minimum Gasteiger partial charge on any atom is -0.477 e. The average molecular weight is 312 g/mol. The van der Waals surface area contributed by atoms with Crippen molar-refractivity contribution < 1.29 is 14.3 Å². The van der Waals surface area contributed by atoms with Crippen LogP contribution in [0, 0.1) is 11.3 Å². The van der Waals surface area contributed by atoms with Gasteiger partial charge in [0.15, 0.2) is 6.10 Å². The Hall–Kier alpha value is -1.54. The smallest absolute Gasteiger partial charge is 0.347 e. The highest BCUT2D eigenvalue weighted by molar-refractivity contribution is 9.10. The summed E-state index contributed by atoms with van der Waals surface area (Å²) in [4.78, 5) is 11.6. The van der Waals surface area contributed by atoms with E-state index in [1.54, 1.807) is 25.1 Å². The summed E-state index contributed by atoms with van der Waals surface area (Å²) in [5.74, 6) is -0.0209. The number of benzene rings is 1. The van der Waals surface area contributed by atoms with Gasteiger partial charge in [-0.2, -0.15) is 5.26 Å². The van der Waals surface area contributed by atoms with E-state index in [1.807, 2.05) is 13.0 Å². The SMILES string of the molecule is CCOC(=O)C(CC)Oc1ccc(Br)cc1C#N. The average Bonchev–Trinajstić information content (AvgIpc) is 2.37. The second kappa shape index (κ2) is 7.02. The Bertz CT molecular complexity index is 468. The highest BCUT2D eigenvalue weighted by Gasteiger charge is 2.20. The molecule has 1 aromatic rings. The lowest BCUT2D eigenvalue weighted by Gasteiger charge is -2.16. The van der Waals surface area contributed by atoms with E-state index < -0.39 is 12.1 Å². The van der Waals surface area contributed by atoms with E-state index in [-0.39, 0.29) is 0 Å². The van der Waals surface area contributed by atoms with Gasteiger partial charge in [-0.15, -0.1) is 0 Å². The van der Waals surface area contributed by atoms with Crippen LogP contribution in [0.15, 0.2) is 22.7 Å². The van der Waals surface area contributed by atoms with Crippen LogP contribution in [-0.4, -0.2) is 18.7 Å². The van der Waals surface area contributed by atoms with Crippen molar-refractivity contribution in [1.82, 2.24) is 0 Å². The van der Waals surface area contributed by atoms with Gasteiger partial charge in [-0.05, 0) is 31.5 Å². The van der Waals surface area contributed by atoms with Crippen molar-refractivity contribution in [3.63, 3.8) is 0 Å². The van der Waals surface area contributed by atoms with E-state index >= 15 is 0 Å². The van der Waals surface area contributed by atoms with E-state index in [0.29, 0.717) is 24.3 Å². The predicted octanol–water partition coefficient (Wildman–Crippen LogP) is 3.04. The Morgan fingerprint density at radius 1 is 1.50 bits per heavy atom. The maximum absolute atomic E-state index is 11.6. The van der Waals surface area contributed by atoms with Gasteiger partial charge in [0.2, 0.25) is 0 Å². The number of ether oxygens (including phenoxy) is 2. The minimum absolute atomic E-state index is 0.310. The standard InChI is InChI=1S/C13H14BrNO3/c1-3-11(13(16)17-4-2)18-12-6-5-10(14)7-9(12)8-15/h5-7,11H,3-4H2,1-2H3. The van der Waals surface area contributed by atoms with Gasteiger partial charge in [0.1, 0.15) is 11.8 Å². The molecule has 0 aromatic heterocycles. The third kappa shape index (κ3) is 3.74. The summed E-state index contributed by atoms with van der Waals surface area (Å²) in [6.45, 7) is 3.88. The molecule has 0 aliphatic carbocycles. The number of carbonyl (C=O) groups excluding carboxylic acids is 1. The third-order valence-electron chi connectivity index (χ3n) is 2.25. The van der Waals surface area contributed by atoms with E-state index in [2.05, 4.69) is 15.9 Å². The first-order valence-corrected chi connectivity index (χ1v) is 6.44. The molecule has 0 bridgehead atoms. The van der Waals surface area contributed by atoms with Crippen LogP contribution in [0.25, 0.3) is 0 Å². The third-order valence-corrected chi connectivity index (χ3v) is 2.74. The van der Waals surface area contributed by atoms with Crippen LogP contribution in [0.1, 0.15) is 25.8 Å². The van der Waals surface area contributed by atoms with Crippen molar-refractivity contribution in [2.24, 2.45) is 0 Å². The molecular weight excluding hydrogens is 298 g/mol. The molecule has 0 heterocycles. The first kappa shape index (κ1) is 14.5. The van der Waals surface area contributed by atoms with Gasteiger partial charge in [-0.25, -0.2) is 4.79 Å². The zero-order chi connectivity index (χ0) is 13.5. The summed E-state index contributed by atoms with van der Waals surface area (Å²) >= 11 is 3.28. The summed E-state index contributed by atoms with van der Waals surface area (Å²) in [6.07, 6.45) is -0.196. The number of halogens is 1. The summed E-state index contributed by atoms with van der Waals surface area (Å²) in [6, 6.07) is 7.09. The molecule has 0 aliphatic heterocycles. The lowest BCUT2D eigenvalue weighted by atomic mass is 10.2. The molecule has 0 spiro atoms. The second-order valence-corrected chi connectivity index (χ2v) is 4.43. The molecule has 1 rings (SSSR count). The van der Waals surface area contributed by atoms with Crippen LogP contribution < -0.4 is 4.74 Å². The van der Waals surface area contributed by atoms with Crippen LogP contribution in [0.3, 0.4) is 0 Å². The van der Waals surface area contributed by atoms with E-state index in [1.165, 1.54) is 0 Å². The molecule has 0 fully saturated rings. The molecule has 5 heteroatoms. The topological polar surface area (TPSA) is 59.3 Å². The molecule has 18 heavy (non-hydrogen) atoms. The summed E-state index contributed by atoms with van der Waals surface area (Å²) < 4.78 is 11.2. The predicted molar refractivity (Wildman–Crippen MR) is 70.2 cm³/mol. The van der Waals surface area contributed by atoms with Gasteiger partial charge < -0.3 is 9.47 Å². The molecule has 0 saturated heterocycles. The first-order chi connectivity index (χ1) is 8.62. The molecule has 4 nitrogen and oxygen atoms in total. The van der Waals surface area contributed by atoms with Crippen molar-refractivity contribution in [2.75, 3.05) is 6.61 Å². The monoisotopic (exact) mass is 311 g/mol. The summed E-state index contributed by atoms with van der Waals surface area (Å²) in [5, 5.41) is 9.00. The largest absolute Gasteiger partial charge is 0.477 e. The Balaban J connectivity index is 2.89. The number of carbonyl (C=O) groups is 1. The molecule has 1 unspecified atom stereocenters. The van der Waals surface area contributed by atoms with Crippen LogP contribution in [0.2, 0.25) is 0 Å². The Morgan fingerprint density at radius 3 is 2.78 bits per heavy atom. The number of hydrogen-bond acceptors (Lipinski definition) is 4. The Kier molecular flexibility index (Phi) is 5.66. The first-order valence-electron chi connectivity index (χ1n) is 5.65. The molecule has 96 valence electrons. The summed E-state index contributed by atoms with van der Waals surface area (Å²) in [7, 11) is 0. The lowest BCUT2D eigenvalue weighted by Crippen LogP contribution is -2.28. The van der Waals surface area contributed by atoms with Gasteiger partial charge in [0, 0.05) is 4.47 Å². The van der Waals surface area contributed by atoms with Crippen molar-refractivity contribution >= 4 is 21.9 Å². The number of rotatable bonds is 5. The maximum atomic E-state index is 11.6. The van der Waals surface area contributed by atoms with Crippen LogP contribution in [0.5, 0.6) is 5.75 Å². The quantitative estimate of drug-likeness (QED) is 0.784. The van der Waals surface area contributed by atoms with Gasteiger partial charge in [-0.3, -0.25) is 0 Å². The Morgan fingerprint density at radius 2 is 2.22 bits per heavy atom. The van der Waals surface area contributed by atoms with Crippen LogP contribution in [0.4, 0.5) is 0 Å². The van der Waals surface area contributed by atoms with Crippen molar-refractivity contribution in [3.8, 4) is 11.8 Å². The number of nitrogens with zero attached hydrogens (tertiary/aromatic N) is 1. The zero-order valence-electron chi connectivity index (χ0n) is 10.3. The van der Waals surface area contributed by atoms with Crippen molar-refractivity contribution in [3.05, 3.63) is 28.2 Å². The summed E-state index contributed by atoms with van der Waals surface area (Å²) in [5.41, 5.74) is 0.382. The Labute approximate surface area is 115 Å². The maximum Gasteiger partial charge on any atom is 0.347 e. The molecule has 0 aliphatic rings. The van der Waals surface area contributed by atoms with Gasteiger partial charge in [0.05, 0.1) is 12.2 Å². The van der Waals surface area contributed by atoms with Crippen LogP contribution in [-0.2, 0) is 9.53 Å². The molecule has 0 saturated carbocycles. The molecule has 0 radical (unpaired) electrons. The fourth-order valence-corrected chi connectivity index (χ4v) is 1.74.